The van der Waals surface area contributed by atoms with Gasteiger partial charge in [-0.1, -0.05) is 22.0 Å². The first-order valence-electron chi connectivity index (χ1n) is 6.65. The molecule has 2 aromatic rings. The van der Waals surface area contributed by atoms with Crippen molar-refractivity contribution in [3.63, 3.8) is 0 Å². The van der Waals surface area contributed by atoms with Crippen LogP contribution in [0, 0.1) is 0 Å². The number of hydrogen-bond donors (Lipinski definition) is 0. The number of fused-ring (bicyclic) bond motifs is 1. The van der Waals surface area contributed by atoms with Crippen LogP contribution < -0.4 is 9.04 Å². The van der Waals surface area contributed by atoms with E-state index in [1.54, 1.807) is 22.5 Å². The molecule has 1 atom stereocenters. The Balaban J connectivity index is 1.98. The Morgan fingerprint density at radius 1 is 1.17 bits per heavy atom. The van der Waals surface area contributed by atoms with Gasteiger partial charge in [-0.25, -0.2) is 4.21 Å². The van der Waals surface area contributed by atoms with Crippen molar-refractivity contribution < 1.29 is 22.1 Å². The molecule has 3 rings (SSSR count). The van der Waals surface area contributed by atoms with E-state index < -0.39 is 22.7 Å². The van der Waals surface area contributed by atoms with Crippen molar-refractivity contribution in [2.45, 2.75) is 11.1 Å². The van der Waals surface area contributed by atoms with Crippen LogP contribution in [-0.2, 0) is 17.2 Å². The fourth-order valence-corrected chi connectivity index (χ4v) is 3.83. The summed E-state index contributed by atoms with van der Waals surface area (Å²) in [6.45, 7) is 0.644. The predicted octanol–water partition coefficient (Wildman–Crippen LogP) is 4.39. The van der Waals surface area contributed by atoms with Crippen LogP contribution in [0.15, 0.2) is 51.8 Å². The fourth-order valence-electron chi connectivity index (χ4n) is 2.25. The third-order valence-corrected chi connectivity index (χ3v) is 5.23. The van der Waals surface area contributed by atoms with Crippen molar-refractivity contribution in [1.82, 2.24) is 0 Å². The molecule has 0 spiro atoms. The van der Waals surface area contributed by atoms with E-state index in [9.17, 15) is 17.4 Å². The number of rotatable bonds is 2. The summed E-state index contributed by atoms with van der Waals surface area (Å²) in [4.78, 5) is 0.104. The lowest BCUT2D eigenvalue weighted by Crippen LogP contribution is -2.34. The lowest BCUT2D eigenvalue weighted by atomic mass is 10.2. The molecular formula is C15H11BrF3NO2S. The van der Waals surface area contributed by atoms with E-state index in [-0.39, 0.29) is 4.90 Å². The summed E-state index contributed by atoms with van der Waals surface area (Å²) >= 11 is 3.33. The lowest BCUT2D eigenvalue weighted by molar-refractivity contribution is -0.137. The second-order valence-electron chi connectivity index (χ2n) is 4.84. The molecule has 0 fully saturated rings. The van der Waals surface area contributed by atoms with Crippen LogP contribution in [0.3, 0.4) is 0 Å². The summed E-state index contributed by atoms with van der Waals surface area (Å²) in [5.41, 5.74) is -0.229. The van der Waals surface area contributed by atoms with Crippen LogP contribution in [0.5, 0.6) is 5.75 Å². The molecule has 0 N–H and O–H groups in total. The maximum absolute atomic E-state index is 12.8. The molecule has 1 heterocycles. The highest BCUT2D eigenvalue weighted by Crippen LogP contribution is 2.37. The molecule has 0 bridgehead atoms. The molecule has 0 aromatic heterocycles. The molecule has 0 amide bonds. The van der Waals surface area contributed by atoms with Crippen molar-refractivity contribution in [3.05, 3.63) is 52.5 Å². The fraction of sp³-hybridized carbons (Fsp3) is 0.200. The molecule has 0 aliphatic carbocycles. The van der Waals surface area contributed by atoms with Crippen LogP contribution >= 0.6 is 15.9 Å². The average molecular weight is 406 g/mol. The monoisotopic (exact) mass is 405 g/mol. The molecule has 0 saturated carbocycles. The summed E-state index contributed by atoms with van der Waals surface area (Å²) < 4.78 is 59.0. The maximum Gasteiger partial charge on any atom is 0.416 e. The van der Waals surface area contributed by atoms with Gasteiger partial charge in [0.15, 0.2) is 11.0 Å². The minimum atomic E-state index is -4.47. The van der Waals surface area contributed by atoms with E-state index >= 15 is 0 Å². The van der Waals surface area contributed by atoms with Crippen molar-refractivity contribution >= 4 is 32.6 Å². The smallest absolute Gasteiger partial charge is 0.416 e. The average Bonchev–Trinajstić information content (AvgIpc) is 2.53. The van der Waals surface area contributed by atoms with E-state index in [0.717, 1.165) is 16.6 Å². The van der Waals surface area contributed by atoms with Gasteiger partial charge < -0.3 is 4.74 Å². The molecule has 1 aliphatic heterocycles. The molecule has 2 aromatic carbocycles. The van der Waals surface area contributed by atoms with Crippen LogP contribution in [0.2, 0.25) is 0 Å². The SMILES string of the molecule is O=S(c1cccc(C(F)(F)F)c1)N1CCOc2ccc(Br)cc21. The normalized spacial score (nSPS) is 15.7. The number of ether oxygens (including phenoxy) is 1. The van der Waals surface area contributed by atoms with Gasteiger partial charge in [-0.15, -0.1) is 0 Å². The maximum atomic E-state index is 12.8. The van der Waals surface area contributed by atoms with E-state index in [0.29, 0.717) is 24.6 Å². The van der Waals surface area contributed by atoms with Gasteiger partial charge in [-0.2, -0.15) is 13.2 Å². The molecule has 0 saturated heterocycles. The molecule has 3 nitrogen and oxygen atoms in total. The molecule has 8 heteroatoms. The van der Waals surface area contributed by atoms with Crippen molar-refractivity contribution in [2.24, 2.45) is 0 Å². The second kappa shape index (κ2) is 6.16. The highest BCUT2D eigenvalue weighted by molar-refractivity contribution is 9.10. The van der Waals surface area contributed by atoms with Crippen molar-refractivity contribution in [1.29, 1.82) is 0 Å². The Morgan fingerprint density at radius 3 is 2.70 bits per heavy atom. The number of halogens is 4. The van der Waals surface area contributed by atoms with Gasteiger partial charge in [-0.3, -0.25) is 4.31 Å². The van der Waals surface area contributed by atoms with Crippen molar-refractivity contribution in [2.75, 3.05) is 17.5 Å². The first-order chi connectivity index (χ1) is 10.9. The molecular weight excluding hydrogens is 395 g/mol. The minimum absolute atomic E-state index is 0.104. The molecule has 1 aliphatic rings. The van der Waals surface area contributed by atoms with Gasteiger partial charge >= 0.3 is 6.18 Å². The minimum Gasteiger partial charge on any atom is -0.489 e. The number of alkyl halides is 3. The Kier molecular flexibility index (Phi) is 4.37. The lowest BCUT2D eigenvalue weighted by Gasteiger charge is -2.30. The van der Waals surface area contributed by atoms with Crippen LogP contribution in [0.1, 0.15) is 5.56 Å². The second-order valence-corrected chi connectivity index (χ2v) is 7.16. The highest BCUT2D eigenvalue weighted by Gasteiger charge is 2.32. The summed E-state index contributed by atoms with van der Waals surface area (Å²) in [6.07, 6.45) is -4.47. The van der Waals surface area contributed by atoms with E-state index in [1.807, 2.05) is 0 Å². The summed E-state index contributed by atoms with van der Waals surface area (Å²) in [5, 5.41) is 0. The highest BCUT2D eigenvalue weighted by atomic mass is 79.9. The van der Waals surface area contributed by atoms with Gasteiger partial charge in [0.1, 0.15) is 12.4 Å². The Bertz CT molecular complexity index is 767. The summed E-state index contributed by atoms with van der Waals surface area (Å²) in [6, 6.07) is 9.83. The quantitative estimate of drug-likeness (QED) is 0.741. The number of anilines is 1. The molecule has 1 unspecified atom stereocenters. The molecule has 122 valence electrons. The first-order valence-corrected chi connectivity index (χ1v) is 8.55. The number of hydrogen-bond acceptors (Lipinski definition) is 2. The van der Waals surface area contributed by atoms with Gasteiger partial charge in [0.25, 0.3) is 0 Å². The third kappa shape index (κ3) is 3.37. The zero-order valence-electron chi connectivity index (χ0n) is 11.6. The Labute approximate surface area is 141 Å². The predicted molar refractivity (Wildman–Crippen MR) is 84.8 cm³/mol. The standard InChI is InChI=1S/C15H11BrF3NO2S/c16-11-4-5-14-13(9-11)20(6-7-22-14)23(21)12-3-1-2-10(8-12)15(17,18)19/h1-5,8-9H,6-7H2. The van der Waals surface area contributed by atoms with Gasteiger partial charge in [0.05, 0.1) is 22.7 Å². The number of nitrogens with zero attached hydrogens (tertiary/aromatic N) is 1. The van der Waals surface area contributed by atoms with Gasteiger partial charge in [0.2, 0.25) is 0 Å². The van der Waals surface area contributed by atoms with Crippen LogP contribution in [-0.4, -0.2) is 17.4 Å². The van der Waals surface area contributed by atoms with Crippen LogP contribution in [0.4, 0.5) is 18.9 Å². The molecule has 0 radical (unpaired) electrons. The third-order valence-electron chi connectivity index (χ3n) is 3.30. The van der Waals surface area contributed by atoms with Gasteiger partial charge in [0, 0.05) is 4.47 Å². The topological polar surface area (TPSA) is 29.5 Å². The number of benzene rings is 2. The van der Waals surface area contributed by atoms with E-state index in [4.69, 9.17) is 4.74 Å². The Hall–Kier alpha value is -1.54. The zero-order valence-corrected chi connectivity index (χ0v) is 14.0. The molecule has 23 heavy (non-hydrogen) atoms. The zero-order chi connectivity index (χ0) is 16.6. The Morgan fingerprint density at radius 2 is 1.96 bits per heavy atom. The first kappa shape index (κ1) is 16.3. The van der Waals surface area contributed by atoms with Crippen molar-refractivity contribution in [3.8, 4) is 5.75 Å². The summed E-state index contributed by atoms with van der Waals surface area (Å²) in [5.74, 6) is 0.555. The van der Waals surface area contributed by atoms with Crippen LogP contribution in [0.25, 0.3) is 0 Å². The largest absolute Gasteiger partial charge is 0.489 e. The summed E-state index contributed by atoms with van der Waals surface area (Å²) in [7, 11) is -1.75. The van der Waals surface area contributed by atoms with E-state index in [1.165, 1.54) is 12.1 Å². The van der Waals surface area contributed by atoms with Gasteiger partial charge in [-0.05, 0) is 36.4 Å². The van der Waals surface area contributed by atoms with E-state index in [2.05, 4.69) is 15.9 Å².